The van der Waals surface area contributed by atoms with Crippen molar-refractivity contribution in [1.29, 1.82) is 0 Å². The van der Waals surface area contributed by atoms with Crippen LogP contribution in [0.25, 0.3) is 0 Å². The van der Waals surface area contributed by atoms with Gasteiger partial charge in [0.2, 0.25) is 0 Å². The van der Waals surface area contributed by atoms with E-state index in [2.05, 4.69) is 6.26 Å². The van der Waals surface area contributed by atoms with Crippen molar-refractivity contribution in [3.05, 3.63) is 34.9 Å². The normalized spacial score (nSPS) is 19.1. The van der Waals surface area contributed by atoms with Crippen LogP contribution in [0.5, 0.6) is 0 Å². The SMILES string of the molecule is CSC1CCCCN(C(=O)c2cc(C)cc(C(=O)O)c2)C1. The van der Waals surface area contributed by atoms with E-state index in [1.807, 2.05) is 11.8 Å². The quantitative estimate of drug-likeness (QED) is 0.932. The van der Waals surface area contributed by atoms with Crippen LogP contribution in [0.4, 0.5) is 0 Å². The Morgan fingerprint density at radius 1 is 1.24 bits per heavy atom. The minimum atomic E-state index is -0.995. The topological polar surface area (TPSA) is 57.6 Å². The minimum absolute atomic E-state index is 0.0536. The largest absolute Gasteiger partial charge is 0.478 e. The van der Waals surface area contributed by atoms with Gasteiger partial charge in [0.1, 0.15) is 0 Å². The molecule has 1 atom stereocenters. The molecule has 1 aliphatic heterocycles. The molecule has 21 heavy (non-hydrogen) atoms. The molecule has 0 saturated carbocycles. The van der Waals surface area contributed by atoms with Crippen molar-refractivity contribution in [2.24, 2.45) is 0 Å². The summed E-state index contributed by atoms with van der Waals surface area (Å²) >= 11 is 1.80. The maximum atomic E-state index is 12.7. The van der Waals surface area contributed by atoms with Crippen molar-refractivity contribution in [2.45, 2.75) is 31.4 Å². The highest BCUT2D eigenvalue weighted by Gasteiger charge is 2.23. The van der Waals surface area contributed by atoms with E-state index in [9.17, 15) is 9.59 Å². The van der Waals surface area contributed by atoms with Gasteiger partial charge in [-0.05, 0) is 49.8 Å². The Kier molecular flexibility index (Phi) is 5.28. The van der Waals surface area contributed by atoms with Gasteiger partial charge in [0.15, 0.2) is 0 Å². The van der Waals surface area contributed by atoms with Crippen LogP contribution >= 0.6 is 11.8 Å². The predicted molar refractivity (Wildman–Crippen MR) is 85.2 cm³/mol. The van der Waals surface area contributed by atoms with Gasteiger partial charge >= 0.3 is 5.97 Å². The summed E-state index contributed by atoms with van der Waals surface area (Å²) in [5.41, 5.74) is 1.46. The number of rotatable bonds is 3. The lowest BCUT2D eigenvalue weighted by molar-refractivity contribution is 0.0696. The van der Waals surface area contributed by atoms with E-state index in [1.54, 1.807) is 23.9 Å². The number of hydrogen-bond acceptors (Lipinski definition) is 3. The molecule has 1 aromatic rings. The average Bonchev–Trinajstić information content (AvgIpc) is 2.71. The van der Waals surface area contributed by atoms with Gasteiger partial charge in [-0.3, -0.25) is 4.79 Å². The second-order valence-electron chi connectivity index (χ2n) is 5.50. The summed E-state index contributed by atoms with van der Waals surface area (Å²) in [6.07, 6.45) is 5.37. The first-order valence-electron chi connectivity index (χ1n) is 7.18. The molecule has 1 fully saturated rings. The van der Waals surface area contributed by atoms with Gasteiger partial charge in [0.05, 0.1) is 5.56 Å². The van der Waals surface area contributed by atoms with Crippen molar-refractivity contribution < 1.29 is 14.7 Å². The number of carboxylic acid groups (broad SMARTS) is 1. The maximum Gasteiger partial charge on any atom is 0.335 e. The first kappa shape index (κ1) is 15.9. The summed E-state index contributed by atoms with van der Waals surface area (Å²) in [5, 5.41) is 9.60. The highest BCUT2D eigenvalue weighted by molar-refractivity contribution is 7.99. The summed E-state index contributed by atoms with van der Waals surface area (Å²) < 4.78 is 0. The molecule has 1 aliphatic rings. The standard InChI is InChI=1S/C16H21NO3S/c1-11-7-12(9-13(8-11)16(19)20)15(18)17-6-4-3-5-14(10-17)21-2/h7-9,14H,3-6,10H2,1-2H3,(H,19,20). The zero-order valence-corrected chi connectivity index (χ0v) is 13.3. The smallest absolute Gasteiger partial charge is 0.335 e. The first-order chi connectivity index (χ1) is 10.0. The van der Waals surface area contributed by atoms with Crippen LogP contribution in [-0.2, 0) is 0 Å². The van der Waals surface area contributed by atoms with Crippen molar-refractivity contribution >= 4 is 23.6 Å². The summed E-state index contributed by atoms with van der Waals surface area (Å²) in [6.45, 7) is 3.32. The van der Waals surface area contributed by atoms with Crippen LogP contribution in [0.3, 0.4) is 0 Å². The number of benzene rings is 1. The zero-order valence-electron chi connectivity index (χ0n) is 12.5. The molecule has 1 unspecified atom stereocenters. The lowest BCUT2D eigenvalue weighted by atomic mass is 10.1. The Bertz CT molecular complexity index is 544. The van der Waals surface area contributed by atoms with Gasteiger partial charge in [0, 0.05) is 23.9 Å². The third-order valence-electron chi connectivity index (χ3n) is 3.82. The molecule has 114 valence electrons. The fourth-order valence-corrected chi connectivity index (χ4v) is 3.42. The van der Waals surface area contributed by atoms with Gasteiger partial charge < -0.3 is 10.0 Å². The Hall–Kier alpha value is -1.49. The number of amides is 1. The van der Waals surface area contributed by atoms with E-state index in [-0.39, 0.29) is 11.5 Å². The fraction of sp³-hybridized carbons (Fsp3) is 0.500. The zero-order chi connectivity index (χ0) is 15.4. The average molecular weight is 307 g/mol. The predicted octanol–water partition coefficient (Wildman–Crippen LogP) is 3.05. The molecule has 0 aliphatic carbocycles. The minimum Gasteiger partial charge on any atom is -0.478 e. The van der Waals surface area contributed by atoms with E-state index in [0.29, 0.717) is 10.8 Å². The Morgan fingerprint density at radius 2 is 1.95 bits per heavy atom. The molecule has 0 bridgehead atoms. The van der Waals surface area contributed by atoms with Crippen LogP contribution in [0.2, 0.25) is 0 Å². The molecule has 1 saturated heterocycles. The number of carbonyl (C=O) groups excluding carboxylic acids is 1. The highest BCUT2D eigenvalue weighted by Crippen LogP contribution is 2.22. The number of hydrogen-bond donors (Lipinski definition) is 1. The van der Waals surface area contributed by atoms with Gasteiger partial charge in [-0.25, -0.2) is 4.79 Å². The van der Waals surface area contributed by atoms with Crippen LogP contribution in [-0.4, -0.2) is 46.5 Å². The lowest BCUT2D eigenvalue weighted by Gasteiger charge is -2.24. The molecule has 0 spiro atoms. The van der Waals surface area contributed by atoms with Crippen LogP contribution in [0.15, 0.2) is 18.2 Å². The Morgan fingerprint density at radius 3 is 2.62 bits per heavy atom. The molecular formula is C16H21NO3S. The van der Waals surface area contributed by atoms with Crippen LogP contribution in [0, 0.1) is 6.92 Å². The highest BCUT2D eigenvalue weighted by atomic mass is 32.2. The van der Waals surface area contributed by atoms with Gasteiger partial charge in [-0.2, -0.15) is 11.8 Å². The fourth-order valence-electron chi connectivity index (χ4n) is 2.69. The van der Waals surface area contributed by atoms with Crippen molar-refractivity contribution in [1.82, 2.24) is 4.90 Å². The molecule has 1 N–H and O–H groups in total. The molecule has 0 radical (unpaired) electrons. The van der Waals surface area contributed by atoms with Crippen molar-refractivity contribution in [3.63, 3.8) is 0 Å². The number of carbonyl (C=O) groups is 2. The number of aryl methyl sites for hydroxylation is 1. The summed E-state index contributed by atoms with van der Waals surface area (Å²) in [5.74, 6) is -1.05. The molecular weight excluding hydrogens is 286 g/mol. The molecule has 4 nitrogen and oxygen atoms in total. The molecule has 1 amide bonds. The van der Waals surface area contributed by atoms with E-state index < -0.39 is 5.97 Å². The van der Waals surface area contributed by atoms with E-state index >= 15 is 0 Å². The Balaban J connectivity index is 2.24. The third-order valence-corrected chi connectivity index (χ3v) is 4.87. The molecule has 1 heterocycles. The number of thioether (sulfide) groups is 1. The lowest BCUT2D eigenvalue weighted by Crippen LogP contribution is -2.35. The number of likely N-dealkylation sites (tertiary alicyclic amines) is 1. The Labute approximate surface area is 129 Å². The molecule has 5 heteroatoms. The maximum absolute atomic E-state index is 12.7. The molecule has 0 aromatic heterocycles. The monoisotopic (exact) mass is 307 g/mol. The van der Waals surface area contributed by atoms with Crippen molar-refractivity contribution in [3.8, 4) is 0 Å². The second kappa shape index (κ2) is 6.98. The van der Waals surface area contributed by atoms with Gasteiger partial charge in [-0.1, -0.05) is 6.42 Å². The van der Waals surface area contributed by atoms with E-state index in [0.717, 1.165) is 37.9 Å². The van der Waals surface area contributed by atoms with Crippen LogP contribution < -0.4 is 0 Å². The van der Waals surface area contributed by atoms with Crippen molar-refractivity contribution in [2.75, 3.05) is 19.3 Å². The number of nitrogens with zero attached hydrogens (tertiary/aromatic N) is 1. The third kappa shape index (κ3) is 4.00. The number of aromatic carboxylic acids is 1. The first-order valence-corrected chi connectivity index (χ1v) is 8.47. The molecule has 1 aromatic carbocycles. The van der Waals surface area contributed by atoms with E-state index in [4.69, 9.17) is 5.11 Å². The van der Waals surface area contributed by atoms with Gasteiger partial charge in [0.25, 0.3) is 5.91 Å². The van der Waals surface area contributed by atoms with E-state index in [1.165, 1.54) is 6.07 Å². The molecule has 2 rings (SSSR count). The van der Waals surface area contributed by atoms with Gasteiger partial charge in [-0.15, -0.1) is 0 Å². The number of carboxylic acids is 1. The summed E-state index contributed by atoms with van der Waals surface area (Å²) in [7, 11) is 0. The summed E-state index contributed by atoms with van der Waals surface area (Å²) in [4.78, 5) is 25.7. The van der Waals surface area contributed by atoms with Crippen LogP contribution in [0.1, 0.15) is 45.5 Å². The second-order valence-corrected chi connectivity index (χ2v) is 6.64. The summed E-state index contributed by atoms with van der Waals surface area (Å²) in [6, 6.07) is 4.84.